The molecule has 0 N–H and O–H groups in total. The van der Waals surface area contributed by atoms with Crippen molar-refractivity contribution in [2.24, 2.45) is 0 Å². The first-order chi connectivity index (χ1) is 14.1. The molecule has 10 nitrogen and oxygen atoms in total. The minimum absolute atomic E-state index is 0.0199. The van der Waals surface area contributed by atoms with Gasteiger partial charge in [-0.25, -0.2) is 22.9 Å². The number of carbonyl (C=O) groups excluding carboxylic acids is 1. The lowest BCUT2D eigenvalue weighted by Gasteiger charge is -2.09. The van der Waals surface area contributed by atoms with E-state index in [0.29, 0.717) is 17.7 Å². The number of ether oxygens (including phenoxy) is 1. The fourth-order valence-electron chi connectivity index (χ4n) is 3.16. The van der Waals surface area contributed by atoms with E-state index in [1.54, 1.807) is 19.9 Å². The number of hydrogen-bond acceptors (Lipinski definition) is 8. The van der Waals surface area contributed by atoms with Gasteiger partial charge in [0.25, 0.3) is 5.69 Å². The molecule has 0 bridgehead atoms. The van der Waals surface area contributed by atoms with Crippen molar-refractivity contribution >= 4 is 45.2 Å². The molecule has 0 unspecified atom stereocenters. The predicted molar refractivity (Wildman–Crippen MR) is 110 cm³/mol. The van der Waals surface area contributed by atoms with Gasteiger partial charge >= 0.3 is 5.97 Å². The third-order valence-corrected chi connectivity index (χ3v) is 6.77. The minimum Gasteiger partial charge on any atom is -0.462 e. The Bertz CT molecular complexity index is 1140. The maximum atomic E-state index is 12.2. The Morgan fingerprint density at radius 1 is 1.47 bits per heavy atom. The number of rotatable bonds is 6. The molecule has 0 aliphatic carbocycles. The van der Waals surface area contributed by atoms with E-state index in [-0.39, 0.29) is 46.3 Å². The number of esters is 1. The number of aromatic nitrogens is 3. The van der Waals surface area contributed by atoms with Crippen LogP contribution in [0.1, 0.15) is 46.7 Å². The predicted octanol–water partition coefficient (Wildman–Crippen LogP) is 2.85. The maximum Gasteiger partial charge on any atom is 0.340 e. The molecule has 1 fully saturated rings. The zero-order chi connectivity index (χ0) is 22.1. The minimum atomic E-state index is -3.10. The van der Waals surface area contributed by atoms with Crippen molar-refractivity contribution in [2.45, 2.75) is 26.3 Å². The van der Waals surface area contributed by atoms with Crippen molar-refractivity contribution in [3.8, 4) is 0 Å². The van der Waals surface area contributed by atoms with Crippen molar-refractivity contribution in [1.82, 2.24) is 14.8 Å². The first kappa shape index (κ1) is 21.9. The number of nitro groups is 1. The molecule has 0 amide bonds. The molecule has 30 heavy (non-hydrogen) atoms. The molecule has 0 spiro atoms. The maximum absolute atomic E-state index is 12.2. The number of halogens is 1. The summed E-state index contributed by atoms with van der Waals surface area (Å²) >= 11 is 6.44. The molecule has 1 aliphatic rings. The van der Waals surface area contributed by atoms with Gasteiger partial charge in [-0.15, -0.1) is 0 Å². The summed E-state index contributed by atoms with van der Waals surface area (Å²) in [6.45, 7) is 3.45. The molecule has 0 saturated carbocycles. The summed E-state index contributed by atoms with van der Waals surface area (Å²) in [7, 11) is -3.10. The second kappa shape index (κ2) is 8.52. The number of nitrogens with zero attached hydrogens (tertiary/aromatic N) is 4. The summed E-state index contributed by atoms with van der Waals surface area (Å²) in [5, 5.41) is 15.6. The summed E-state index contributed by atoms with van der Waals surface area (Å²) in [6, 6.07) is 0.766. The van der Waals surface area contributed by atoms with E-state index in [0.717, 1.165) is 12.3 Å². The highest BCUT2D eigenvalue weighted by atomic mass is 35.5. The van der Waals surface area contributed by atoms with Gasteiger partial charge in [0.05, 0.1) is 46.0 Å². The van der Waals surface area contributed by atoms with E-state index < -0.39 is 20.7 Å². The van der Waals surface area contributed by atoms with Crippen LogP contribution in [-0.2, 0) is 14.6 Å². The Labute approximate surface area is 177 Å². The van der Waals surface area contributed by atoms with E-state index in [1.807, 2.05) is 0 Å². The fourth-order valence-corrected chi connectivity index (χ4v) is 5.23. The van der Waals surface area contributed by atoms with E-state index in [1.165, 1.54) is 10.8 Å². The average molecular weight is 455 g/mol. The van der Waals surface area contributed by atoms with Crippen LogP contribution in [0.2, 0.25) is 5.15 Å². The van der Waals surface area contributed by atoms with Gasteiger partial charge in [-0.05, 0) is 32.4 Å². The summed E-state index contributed by atoms with van der Waals surface area (Å²) in [5.74, 6) is -0.662. The molecule has 0 aromatic carbocycles. The standard InChI is InChI=1S/C18H19ClN4O6S/c1-3-29-18(24)15-8-13(23(25)26)9-20-16(15)5-4-14-11(2)21-22(17(14)19)12-6-7-30(27,28)10-12/h4-5,8-9,12H,3,6-7,10H2,1-2H3/b5-4+/t12-/m0/s1. The van der Waals surface area contributed by atoms with Crippen molar-refractivity contribution in [3.05, 3.63) is 50.0 Å². The summed E-state index contributed by atoms with van der Waals surface area (Å²) < 4.78 is 30.0. The van der Waals surface area contributed by atoms with Gasteiger partial charge in [0.15, 0.2) is 9.84 Å². The molecular formula is C18H19ClN4O6S. The van der Waals surface area contributed by atoms with E-state index >= 15 is 0 Å². The zero-order valence-electron chi connectivity index (χ0n) is 16.2. The van der Waals surface area contributed by atoms with Crippen molar-refractivity contribution in [3.63, 3.8) is 0 Å². The van der Waals surface area contributed by atoms with Gasteiger partial charge < -0.3 is 4.74 Å². The van der Waals surface area contributed by atoms with Gasteiger partial charge in [-0.3, -0.25) is 10.1 Å². The molecule has 12 heteroatoms. The molecule has 1 saturated heterocycles. The molecule has 2 aromatic heterocycles. The van der Waals surface area contributed by atoms with E-state index in [9.17, 15) is 23.3 Å². The summed E-state index contributed by atoms with van der Waals surface area (Å²) in [4.78, 5) is 26.6. The molecular weight excluding hydrogens is 436 g/mol. The topological polar surface area (TPSA) is 134 Å². The molecule has 0 radical (unpaired) electrons. The monoisotopic (exact) mass is 454 g/mol. The molecule has 3 heterocycles. The van der Waals surface area contributed by atoms with Gasteiger partial charge in [-0.1, -0.05) is 11.6 Å². The van der Waals surface area contributed by atoms with E-state index in [2.05, 4.69) is 10.1 Å². The van der Waals surface area contributed by atoms with Crippen molar-refractivity contribution < 1.29 is 22.9 Å². The Balaban J connectivity index is 1.96. The Morgan fingerprint density at radius 3 is 2.80 bits per heavy atom. The molecule has 1 atom stereocenters. The molecule has 2 aromatic rings. The first-order valence-electron chi connectivity index (χ1n) is 9.07. The Hall–Kier alpha value is -2.79. The quantitative estimate of drug-likeness (QED) is 0.369. The molecule has 1 aliphatic heterocycles. The Morgan fingerprint density at radius 2 is 2.20 bits per heavy atom. The molecule has 3 rings (SSSR count). The van der Waals surface area contributed by atoms with Crippen LogP contribution >= 0.6 is 11.6 Å². The second-order valence-electron chi connectivity index (χ2n) is 6.73. The third-order valence-electron chi connectivity index (χ3n) is 4.64. The van der Waals surface area contributed by atoms with Crippen LogP contribution in [0, 0.1) is 17.0 Å². The lowest BCUT2D eigenvalue weighted by atomic mass is 10.1. The average Bonchev–Trinajstić information content (AvgIpc) is 3.18. The first-order valence-corrected chi connectivity index (χ1v) is 11.3. The largest absolute Gasteiger partial charge is 0.462 e. The van der Waals surface area contributed by atoms with Crippen LogP contribution in [0.15, 0.2) is 12.3 Å². The number of sulfone groups is 1. The van der Waals surface area contributed by atoms with Gasteiger partial charge in [0.2, 0.25) is 0 Å². The van der Waals surface area contributed by atoms with Crippen LogP contribution in [0.5, 0.6) is 0 Å². The lowest BCUT2D eigenvalue weighted by molar-refractivity contribution is -0.385. The number of hydrogen-bond donors (Lipinski definition) is 0. The smallest absolute Gasteiger partial charge is 0.340 e. The van der Waals surface area contributed by atoms with Crippen LogP contribution < -0.4 is 0 Å². The van der Waals surface area contributed by atoms with Crippen LogP contribution in [0.25, 0.3) is 12.2 Å². The van der Waals surface area contributed by atoms with Crippen LogP contribution in [0.3, 0.4) is 0 Å². The van der Waals surface area contributed by atoms with Gasteiger partial charge in [-0.2, -0.15) is 5.10 Å². The second-order valence-corrected chi connectivity index (χ2v) is 9.32. The van der Waals surface area contributed by atoms with Crippen molar-refractivity contribution in [1.29, 1.82) is 0 Å². The van der Waals surface area contributed by atoms with Gasteiger partial charge in [0, 0.05) is 11.6 Å². The van der Waals surface area contributed by atoms with Crippen molar-refractivity contribution in [2.75, 3.05) is 18.1 Å². The fraction of sp³-hybridized carbons (Fsp3) is 0.389. The van der Waals surface area contributed by atoms with Crippen LogP contribution in [0.4, 0.5) is 5.69 Å². The Kier molecular flexibility index (Phi) is 6.22. The summed E-state index contributed by atoms with van der Waals surface area (Å²) in [6.07, 6.45) is 4.55. The van der Waals surface area contributed by atoms with E-state index in [4.69, 9.17) is 16.3 Å². The van der Waals surface area contributed by atoms with Crippen LogP contribution in [-0.4, -0.2) is 52.2 Å². The number of pyridine rings is 1. The highest BCUT2D eigenvalue weighted by Crippen LogP contribution is 2.31. The third kappa shape index (κ3) is 4.51. The number of carbonyl (C=O) groups is 1. The highest BCUT2D eigenvalue weighted by Gasteiger charge is 2.31. The SMILES string of the molecule is CCOC(=O)c1cc([N+](=O)[O-])cnc1/C=C/c1c(C)nn([C@H]2CCS(=O)(=O)C2)c1Cl. The zero-order valence-corrected chi connectivity index (χ0v) is 17.8. The summed E-state index contributed by atoms with van der Waals surface area (Å²) in [5.41, 5.74) is 0.895. The lowest BCUT2D eigenvalue weighted by Crippen LogP contribution is -2.12. The molecule has 160 valence electrons. The highest BCUT2D eigenvalue weighted by molar-refractivity contribution is 7.91. The normalized spacial score (nSPS) is 18.0. The van der Waals surface area contributed by atoms with Gasteiger partial charge in [0.1, 0.15) is 11.3 Å². The number of aryl methyl sites for hydroxylation is 1.